The first kappa shape index (κ1) is 18.0. The third kappa shape index (κ3) is 3.43. The van der Waals surface area contributed by atoms with Crippen LogP contribution in [-0.2, 0) is 0 Å². The summed E-state index contributed by atoms with van der Waals surface area (Å²) in [6.07, 6.45) is 4.35. The number of hydrogen-bond donors (Lipinski definition) is 1. The van der Waals surface area contributed by atoms with E-state index in [4.69, 9.17) is 4.42 Å². The Bertz CT molecular complexity index is 1110. The van der Waals surface area contributed by atoms with Gasteiger partial charge in [-0.1, -0.05) is 0 Å². The zero-order valence-corrected chi connectivity index (χ0v) is 16.4. The van der Waals surface area contributed by atoms with E-state index in [9.17, 15) is 9.18 Å². The van der Waals surface area contributed by atoms with Crippen LogP contribution in [0.15, 0.2) is 28.8 Å². The zero-order chi connectivity index (χ0) is 20.2. The molecule has 1 unspecified atom stereocenters. The highest BCUT2D eigenvalue weighted by Gasteiger charge is 2.38. The number of anilines is 1. The van der Waals surface area contributed by atoms with Gasteiger partial charge < -0.3 is 14.6 Å². The van der Waals surface area contributed by atoms with Crippen LogP contribution in [0.5, 0.6) is 0 Å². The lowest BCUT2D eigenvalue weighted by Gasteiger charge is -2.17. The van der Waals surface area contributed by atoms with Crippen LogP contribution < -0.4 is 5.32 Å². The number of carbonyl (C=O) groups is 1. The van der Waals surface area contributed by atoms with E-state index in [2.05, 4.69) is 27.2 Å². The van der Waals surface area contributed by atoms with Gasteiger partial charge in [-0.15, -0.1) is 0 Å². The molecule has 0 radical (unpaired) electrons. The highest BCUT2D eigenvalue weighted by Crippen LogP contribution is 2.39. The van der Waals surface area contributed by atoms with Crippen molar-refractivity contribution < 1.29 is 13.6 Å². The molecular weight excluding hydrogens is 373 g/mol. The van der Waals surface area contributed by atoms with Gasteiger partial charge in [-0.3, -0.25) is 4.79 Å². The van der Waals surface area contributed by atoms with E-state index in [1.54, 1.807) is 11.0 Å². The highest BCUT2D eigenvalue weighted by molar-refractivity contribution is 5.95. The van der Waals surface area contributed by atoms with Crippen LogP contribution in [-0.4, -0.2) is 44.4 Å². The molecule has 7 nitrogen and oxygen atoms in total. The molecule has 1 saturated carbocycles. The number of fused-ring (bicyclic) bond motifs is 1. The minimum atomic E-state index is -0.501. The molecule has 1 N–H and O–H groups in total. The Kier molecular flexibility index (Phi) is 4.04. The summed E-state index contributed by atoms with van der Waals surface area (Å²) in [5.74, 6) is 0.834. The summed E-state index contributed by atoms with van der Waals surface area (Å²) < 4.78 is 19.1. The lowest BCUT2D eigenvalue weighted by molar-refractivity contribution is 0.0779. The molecule has 150 valence electrons. The summed E-state index contributed by atoms with van der Waals surface area (Å²) >= 11 is 0. The Balaban J connectivity index is 1.42. The average molecular weight is 395 g/mol. The van der Waals surface area contributed by atoms with Crippen molar-refractivity contribution >= 4 is 22.8 Å². The first-order valence-corrected chi connectivity index (χ1v) is 9.87. The van der Waals surface area contributed by atoms with Crippen LogP contribution in [0.3, 0.4) is 0 Å². The fraction of sp³-hybridized carbons (Fsp3) is 0.429. The van der Waals surface area contributed by atoms with Gasteiger partial charge in [-0.05, 0) is 56.9 Å². The zero-order valence-electron chi connectivity index (χ0n) is 16.4. The number of furan rings is 1. The molecule has 1 aliphatic heterocycles. The fourth-order valence-corrected chi connectivity index (χ4v) is 3.86. The second-order valence-electron chi connectivity index (χ2n) is 8.31. The van der Waals surface area contributed by atoms with Crippen LogP contribution >= 0.6 is 0 Å². The van der Waals surface area contributed by atoms with E-state index in [-0.39, 0.29) is 23.2 Å². The topological polar surface area (TPSA) is 84.2 Å². The first-order valence-electron chi connectivity index (χ1n) is 9.87. The number of likely N-dealkylation sites (tertiary alicyclic amines) is 1. The van der Waals surface area contributed by atoms with Crippen molar-refractivity contribution in [3.05, 3.63) is 47.5 Å². The van der Waals surface area contributed by atoms with Crippen LogP contribution in [0.25, 0.3) is 11.1 Å². The smallest absolute Gasteiger partial charge is 0.291 e. The molecule has 0 aromatic carbocycles. The summed E-state index contributed by atoms with van der Waals surface area (Å²) in [6, 6.07) is 5.13. The Morgan fingerprint density at radius 1 is 1.34 bits per heavy atom. The minimum absolute atomic E-state index is 0.0108. The van der Waals surface area contributed by atoms with E-state index in [0.717, 1.165) is 36.0 Å². The van der Waals surface area contributed by atoms with Gasteiger partial charge in [0.1, 0.15) is 11.6 Å². The Labute approximate surface area is 167 Å². The van der Waals surface area contributed by atoms with Gasteiger partial charge in [0.05, 0.1) is 5.39 Å². The Morgan fingerprint density at radius 3 is 2.93 bits per heavy atom. The molecule has 0 bridgehead atoms. The first-order chi connectivity index (χ1) is 13.9. The molecule has 29 heavy (non-hydrogen) atoms. The molecule has 3 aromatic heterocycles. The summed E-state index contributed by atoms with van der Waals surface area (Å²) in [4.78, 5) is 27.4. The van der Waals surface area contributed by atoms with Gasteiger partial charge in [-0.2, -0.15) is 9.37 Å². The third-order valence-electron chi connectivity index (χ3n) is 5.82. The number of carbonyl (C=O) groups excluding carboxylic acids is 1. The fourth-order valence-electron chi connectivity index (χ4n) is 3.86. The molecule has 1 atom stereocenters. The monoisotopic (exact) mass is 395 g/mol. The third-order valence-corrected chi connectivity index (χ3v) is 5.82. The van der Waals surface area contributed by atoms with Crippen molar-refractivity contribution in [2.45, 2.75) is 44.6 Å². The average Bonchev–Trinajstić information content (AvgIpc) is 3.09. The second-order valence-corrected chi connectivity index (χ2v) is 8.31. The summed E-state index contributed by atoms with van der Waals surface area (Å²) in [5, 5.41) is 4.24. The number of aromatic nitrogens is 3. The van der Waals surface area contributed by atoms with Gasteiger partial charge in [0.15, 0.2) is 0 Å². The van der Waals surface area contributed by atoms with Crippen LogP contribution in [0.1, 0.15) is 54.0 Å². The second kappa shape index (κ2) is 6.50. The number of nitrogens with zero attached hydrogens (tertiary/aromatic N) is 4. The quantitative estimate of drug-likeness (QED) is 0.679. The highest BCUT2D eigenvalue weighted by atomic mass is 19.1. The molecule has 4 heterocycles. The van der Waals surface area contributed by atoms with Gasteiger partial charge in [0, 0.05) is 30.7 Å². The maximum absolute atomic E-state index is 13.4. The Hall–Kier alpha value is -3.03. The summed E-state index contributed by atoms with van der Waals surface area (Å²) in [7, 11) is 0. The molecule has 0 spiro atoms. The maximum atomic E-state index is 13.4. The molecule has 1 saturated heterocycles. The summed E-state index contributed by atoms with van der Waals surface area (Å²) in [5.41, 5.74) is 1.28. The Morgan fingerprint density at radius 2 is 2.17 bits per heavy atom. The van der Waals surface area contributed by atoms with E-state index in [0.29, 0.717) is 24.6 Å². The van der Waals surface area contributed by atoms with Crippen molar-refractivity contribution in [3.63, 3.8) is 0 Å². The normalized spacial score (nSPS) is 20.2. The molecule has 8 heteroatoms. The predicted octanol–water partition coefficient (Wildman–Crippen LogP) is 3.66. The van der Waals surface area contributed by atoms with Gasteiger partial charge in [-0.25, -0.2) is 9.97 Å². The number of aryl methyl sites for hydroxylation is 1. The number of pyridine rings is 1. The van der Waals surface area contributed by atoms with Crippen LogP contribution in [0.4, 0.5) is 10.2 Å². The van der Waals surface area contributed by atoms with E-state index in [1.807, 2.05) is 13.0 Å². The summed E-state index contributed by atoms with van der Waals surface area (Å²) in [6.45, 7) is 5.06. The standard InChI is InChI=1S/C21H22FN5O2/c1-12-9-15-17(26-21(2)5-6-21)24-18(25-19(15)29-12)20(28)27-8-4-14(11-27)13-3-7-23-16(22)10-13/h3,7,9-10,14H,4-6,8,11H2,1-2H3,(H,24,25,26). The number of hydrogen-bond acceptors (Lipinski definition) is 6. The number of amides is 1. The van der Waals surface area contributed by atoms with Gasteiger partial charge >= 0.3 is 0 Å². The van der Waals surface area contributed by atoms with Crippen molar-refractivity contribution in [3.8, 4) is 0 Å². The molecular formula is C21H22FN5O2. The number of halogens is 1. The SMILES string of the molecule is Cc1cc2c(NC3(C)CC3)nc(C(=O)N3CCC(c4ccnc(F)c4)C3)nc2o1. The molecule has 2 aliphatic rings. The van der Waals surface area contributed by atoms with E-state index >= 15 is 0 Å². The maximum Gasteiger partial charge on any atom is 0.291 e. The number of nitrogens with one attached hydrogen (secondary N) is 1. The van der Waals surface area contributed by atoms with Crippen LogP contribution in [0, 0.1) is 12.9 Å². The minimum Gasteiger partial charge on any atom is -0.443 e. The van der Waals surface area contributed by atoms with Gasteiger partial charge in [0.25, 0.3) is 5.91 Å². The number of rotatable bonds is 4. The van der Waals surface area contributed by atoms with Crippen molar-refractivity contribution in [2.24, 2.45) is 0 Å². The van der Waals surface area contributed by atoms with E-state index in [1.165, 1.54) is 12.3 Å². The van der Waals surface area contributed by atoms with Crippen molar-refractivity contribution in [2.75, 3.05) is 18.4 Å². The lowest BCUT2D eigenvalue weighted by Crippen LogP contribution is -2.30. The molecule has 3 aromatic rings. The van der Waals surface area contributed by atoms with Crippen LogP contribution in [0.2, 0.25) is 0 Å². The van der Waals surface area contributed by atoms with Gasteiger partial charge in [0.2, 0.25) is 17.5 Å². The van der Waals surface area contributed by atoms with Crippen molar-refractivity contribution in [1.82, 2.24) is 19.9 Å². The van der Waals surface area contributed by atoms with Crippen molar-refractivity contribution in [1.29, 1.82) is 0 Å². The largest absolute Gasteiger partial charge is 0.443 e. The molecule has 2 fully saturated rings. The molecule has 1 aliphatic carbocycles. The molecule has 1 amide bonds. The van der Waals surface area contributed by atoms with E-state index < -0.39 is 5.95 Å². The predicted molar refractivity (Wildman–Crippen MR) is 105 cm³/mol. The molecule has 5 rings (SSSR count). The lowest BCUT2D eigenvalue weighted by atomic mass is 10.00.